The zero-order valence-electron chi connectivity index (χ0n) is 11.8. The van der Waals surface area contributed by atoms with Crippen LogP contribution in [0.3, 0.4) is 0 Å². The van der Waals surface area contributed by atoms with E-state index in [2.05, 4.69) is 15.9 Å². The van der Waals surface area contributed by atoms with E-state index in [-0.39, 0.29) is 11.7 Å². The van der Waals surface area contributed by atoms with Crippen LogP contribution in [0.15, 0.2) is 46.3 Å². The van der Waals surface area contributed by atoms with Crippen molar-refractivity contribution >= 4 is 50.7 Å². The number of nitrogens with zero attached hydrogens (tertiary/aromatic N) is 1. The molecule has 0 atom stereocenters. The zero-order valence-corrected chi connectivity index (χ0v) is 14.2. The second kappa shape index (κ2) is 6.58. The summed E-state index contributed by atoms with van der Waals surface area (Å²) >= 11 is 4.97. The van der Waals surface area contributed by atoms with E-state index < -0.39 is 0 Å². The molecule has 0 saturated carbocycles. The summed E-state index contributed by atoms with van der Waals surface area (Å²) < 4.78 is 1.04. The summed E-state index contributed by atoms with van der Waals surface area (Å²) in [5.41, 5.74) is 1.41. The number of carbonyl (C=O) groups excluding carboxylic acids is 2. The highest BCUT2D eigenvalue weighted by Crippen LogP contribution is 2.24. The molecule has 1 aliphatic heterocycles. The summed E-state index contributed by atoms with van der Waals surface area (Å²) in [5, 5.41) is 0. The summed E-state index contributed by atoms with van der Waals surface area (Å²) in [6.45, 7) is 0.732. The molecule has 2 heterocycles. The maximum atomic E-state index is 12.3. The fraction of sp³-hybridized carbons (Fsp3) is 0.176. The van der Waals surface area contributed by atoms with Crippen LogP contribution in [-0.4, -0.2) is 18.2 Å². The first-order valence-corrected chi connectivity index (χ1v) is 8.62. The van der Waals surface area contributed by atoms with Crippen molar-refractivity contribution in [1.29, 1.82) is 0 Å². The molecule has 1 saturated heterocycles. The number of hydrogen-bond acceptors (Lipinski definition) is 3. The topological polar surface area (TPSA) is 37.4 Å². The van der Waals surface area contributed by atoms with Crippen molar-refractivity contribution in [3.05, 3.63) is 56.7 Å². The van der Waals surface area contributed by atoms with Gasteiger partial charge in [-0.2, -0.15) is 0 Å². The van der Waals surface area contributed by atoms with Gasteiger partial charge in [-0.05, 0) is 58.8 Å². The maximum Gasteiger partial charge on any atom is 0.227 e. The average Bonchev–Trinajstić information content (AvgIpc) is 3.13. The molecule has 1 fully saturated rings. The lowest BCUT2D eigenvalue weighted by molar-refractivity contribution is -0.117. The van der Waals surface area contributed by atoms with Crippen LogP contribution in [-0.2, 0) is 4.79 Å². The fourth-order valence-corrected chi connectivity index (χ4v) is 3.75. The molecule has 0 radical (unpaired) electrons. The summed E-state index contributed by atoms with van der Waals surface area (Å²) in [6, 6.07) is 11.2. The molecule has 0 bridgehead atoms. The minimum absolute atomic E-state index is 0.0574. The molecule has 3 rings (SSSR count). The number of allylic oxidation sites excluding steroid dienone is 1. The second-order valence-corrected chi connectivity index (χ2v) is 7.53. The Morgan fingerprint density at radius 3 is 2.82 bits per heavy atom. The molecule has 2 aromatic rings. The van der Waals surface area contributed by atoms with Gasteiger partial charge < -0.3 is 4.90 Å². The van der Waals surface area contributed by atoms with E-state index >= 15 is 0 Å². The van der Waals surface area contributed by atoms with Crippen LogP contribution >= 0.6 is 27.3 Å². The standard InChI is InChI=1S/C17H14BrNO2S/c18-16-9-7-14(22-16)6-8-15(20)12-3-1-4-13(11-12)19-10-2-5-17(19)21/h1,3-4,6-9,11H,2,5,10H2/b8-6+. The van der Waals surface area contributed by atoms with Crippen molar-refractivity contribution in [1.82, 2.24) is 0 Å². The second-order valence-electron chi connectivity index (χ2n) is 5.04. The van der Waals surface area contributed by atoms with Crippen LogP contribution in [0.2, 0.25) is 0 Å². The number of thiophene rings is 1. The van der Waals surface area contributed by atoms with Gasteiger partial charge in [0, 0.05) is 29.1 Å². The molecule has 0 spiro atoms. The highest BCUT2D eigenvalue weighted by molar-refractivity contribution is 9.11. The normalized spacial score (nSPS) is 15.0. The van der Waals surface area contributed by atoms with Crippen molar-refractivity contribution in [2.24, 2.45) is 0 Å². The van der Waals surface area contributed by atoms with Gasteiger partial charge in [0.1, 0.15) is 0 Å². The van der Waals surface area contributed by atoms with E-state index in [0.29, 0.717) is 12.0 Å². The average molecular weight is 376 g/mol. The van der Waals surface area contributed by atoms with Gasteiger partial charge >= 0.3 is 0 Å². The van der Waals surface area contributed by atoms with Gasteiger partial charge in [0.05, 0.1) is 3.79 Å². The molecule has 22 heavy (non-hydrogen) atoms. The predicted molar refractivity (Wildman–Crippen MR) is 93.4 cm³/mol. The van der Waals surface area contributed by atoms with Gasteiger partial charge in [-0.15, -0.1) is 11.3 Å². The smallest absolute Gasteiger partial charge is 0.227 e. The van der Waals surface area contributed by atoms with Gasteiger partial charge in [0.25, 0.3) is 0 Å². The maximum absolute atomic E-state index is 12.3. The van der Waals surface area contributed by atoms with Gasteiger partial charge in [0.2, 0.25) is 5.91 Å². The van der Waals surface area contributed by atoms with E-state index in [1.165, 1.54) is 0 Å². The predicted octanol–water partition coefficient (Wildman–Crippen LogP) is 4.53. The number of benzene rings is 1. The minimum Gasteiger partial charge on any atom is -0.312 e. The van der Waals surface area contributed by atoms with E-state index in [0.717, 1.165) is 27.3 Å². The van der Waals surface area contributed by atoms with Crippen molar-refractivity contribution < 1.29 is 9.59 Å². The summed E-state index contributed by atoms with van der Waals surface area (Å²) in [7, 11) is 0. The number of hydrogen-bond donors (Lipinski definition) is 0. The third-order valence-electron chi connectivity index (χ3n) is 3.51. The lowest BCUT2D eigenvalue weighted by Crippen LogP contribution is -2.23. The third kappa shape index (κ3) is 3.36. The Morgan fingerprint density at radius 2 is 2.14 bits per heavy atom. The molecule has 1 aromatic carbocycles. The number of anilines is 1. The highest BCUT2D eigenvalue weighted by atomic mass is 79.9. The Labute approximate surface area is 141 Å². The van der Waals surface area contributed by atoms with Crippen LogP contribution in [0.25, 0.3) is 6.08 Å². The van der Waals surface area contributed by atoms with E-state index in [1.807, 2.05) is 30.3 Å². The molecule has 1 aliphatic rings. The van der Waals surface area contributed by atoms with Crippen LogP contribution in [0.5, 0.6) is 0 Å². The lowest BCUT2D eigenvalue weighted by atomic mass is 10.1. The van der Waals surface area contributed by atoms with E-state index in [4.69, 9.17) is 0 Å². The van der Waals surface area contributed by atoms with Gasteiger partial charge in [-0.1, -0.05) is 12.1 Å². The molecule has 1 aromatic heterocycles. The third-order valence-corrected chi connectivity index (χ3v) is 5.10. The Morgan fingerprint density at radius 1 is 1.27 bits per heavy atom. The molecule has 3 nitrogen and oxygen atoms in total. The number of amides is 1. The van der Waals surface area contributed by atoms with Crippen molar-refractivity contribution in [2.45, 2.75) is 12.8 Å². The van der Waals surface area contributed by atoms with Gasteiger partial charge in [-0.3, -0.25) is 9.59 Å². The van der Waals surface area contributed by atoms with Crippen molar-refractivity contribution in [3.8, 4) is 0 Å². The quantitative estimate of drug-likeness (QED) is 0.581. The fourth-order valence-electron chi connectivity index (χ4n) is 2.42. The zero-order chi connectivity index (χ0) is 15.5. The first kappa shape index (κ1) is 15.2. The van der Waals surface area contributed by atoms with Crippen molar-refractivity contribution in [3.63, 3.8) is 0 Å². The molecule has 112 valence electrons. The van der Waals surface area contributed by atoms with Gasteiger partial charge in [0.15, 0.2) is 5.78 Å². The monoisotopic (exact) mass is 375 g/mol. The highest BCUT2D eigenvalue weighted by Gasteiger charge is 2.21. The van der Waals surface area contributed by atoms with Crippen LogP contribution in [0.4, 0.5) is 5.69 Å². The molecule has 0 N–H and O–H groups in total. The first-order chi connectivity index (χ1) is 10.6. The van der Waals surface area contributed by atoms with Crippen molar-refractivity contribution in [2.75, 3.05) is 11.4 Å². The largest absolute Gasteiger partial charge is 0.312 e. The molecule has 1 amide bonds. The Kier molecular flexibility index (Phi) is 4.55. The molecule has 0 aliphatic carbocycles. The number of ketones is 1. The SMILES string of the molecule is O=C(/C=C/c1ccc(Br)s1)c1cccc(N2CCCC2=O)c1. The lowest BCUT2D eigenvalue weighted by Gasteiger charge is -2.16. The summed E-state index contributed by atoms with van der Waals surface area (Å²) in [5.74, 6) is 0.0709. The summed E-state index contributed by atoms with van der Waals surface area (Å²) in [6.07, 6.45) is 4.85. The number of halogens is 1. The number of carbonyl (C=O) groups is 2. The Hall–Kier alpha value is -1.72. The first-order valence-electron chi connectivity index (χ1n) is 7.02. The van der Waals surface area contributed by atoms with Crippen LogP contribution in [0, 0.1) is 0 Å². The molecule has 5 heteroatoms. The van der Waals surface area contributed by atoms with E-state index in [9.17, 15) is 9.59 Å². The van der Waals surface area contributed by atoms with Crippen LogP contribution < -0.4 is 4.90 Å². The molecular formula is C17H14BrNO2S. The molecular weight excluding hydrogens is 362 g/mol. The minimum atomic E-state index is -0.0574. The summed E-state index contributed by atoms with van der Waals surface area (Å²) in [4.78, 5) is 26.8. The van der Waals surface area contributed by atoms with Gasteiger partial charge in [-0.25, -0.2) is 0 Å². The molecule has 0 unspecified atom stereocenters. The number of rotatable bonds is 4. The van der Waals surface area contributed by atoms with Crippen LogP contribution in [0.1, 0.15) is 28.1 Å². The Bertz CT molecular complexity index is 751. The Balaban J connectivity index is 1.78. The van der Waals surface area contributed by atoms with E-state index in [1.54, 1.807) is 34.4 Å².